The third kappa shape index (κ3) is 5.60. The fourth-order valence-corrected chi connectivity index (χ4v) is 1.91. The number of nitrogens with one attached hydrogen (secondary N) is 2. The average Bonchev–Trinajstić information content (AvgIpc) is 2.36. The number of halogens is 1. The molecule has 0 aliphatic carbocycles. The molecule has 1 aromatic rings. The molecule has 0 unspecified atom stereocenters. The van der Waals surface area contributed by atoms with Crippen LogP contribution in [0.2, 0.25) is 0 Å². The molecular formula is C12H16FN3O2S. The third-order valence-electron chi connectivity index (χ3n) is 2.36. The van der Waals surface area contributed by atoms with Crippen LogP contribution in [0.25, 0.3) is 0 Å². The van der Waals surface area contributed by atoms with Crippen LogP contribution in [0.15, 0.2) is 24.3 Å². The molecule has 0 radical (unpaired) electrons. The zero-order chi connectivity index (χ0) is 14.3. The second-order valence-corrected chi connectivity index (χ2v) is 4.82. The van der Waals surface area contributed by atoms with E-state index >= 15 is 0 Å². The quantitative estimate of drug-likeness (QED) is 0.741. The van der Waals surface area contributed by atoms with E-state index in [1.807, 2.05) is 6.26 Å². The van der Waals surface area contributed by atoms with Gasteiger partial charge in [-0.05, 0) is 42.7 Å². The molecule has 1 atom stereocenters. The third-order valence-corrected chi connectivity index (χ3v) is 3.00. The predicted octanol–water partition coefficient (Wildman–Crippen LogP) is 1.55. The number of carbonyl (C=O) groups is 2. The van der Waals surface area contributed by atoms with E-state index in [1.165, 1.54) is 24.3 Å². The molecule has 0 aromatic heterocycles. The first-order valence-corrected chi connectivity index (χ1v) is 7.03. The highest BCUT2D eigenvalue weighted by atomic mass is 32.2. The molecule has 1 aromatic carbocycles. The van der Waals surface area contributed by atoms with Crippen LogP contribution in [-0.2, 0) is 4.79 Å². The summed E-state index contributed by atoms with van der Waals surface area (Å²) in [6, 6.07) is 3.93. The van der Waals surface area contributed by atoms with Crippen molar-refractivity contribution in [3.8, 4) is 0 Å². The molecule has 0 fully saturated rings. The maximum Gasteiger partial charge on any atom is 0.312 e. The Bertz CT molecular complexity index is 439. The first-order valence-electron chi connectivity index (χ1n) is 5.64. The van der Waals surface area contributed by atoms with Crippen molar-refractivity contribution in [1.82, 2.24) is 5.32 Å². The Labute approximate surface area is 115 Å². The van der Waals surface area contributed by atoms with Crippen LogP contribution in [-0.4, -0.2) is 30.0 Å². The number of nitrogens with two attached hydrogens (primary N) is 1. The van der Waals surface area contributed by atoms with Crippen molar-refractivity contribution in [3.05, 3.63) is 30.1 Å². The average molecular weight is 285 g/mol. The lowest BCUT2D eigenvalue weighted by molar-refractivity contribution is -0.117. The van der Waals surface area contributed by atoms with E-state index in [2.05, 4.69) is 10.6 Å². The second kappa shape index (κ2) is 7.63. The van der Waals surface area contributed by atoms with Gasteiger partial charge in [-0.15, -0.1) is 0 Å². The minimum atomic E-state index is -0.750. The monoisotopic (exact) mass is 285 g/mol. The lowest BCUT2D eigenvalue weighted by Crippen LogP contribution is -2.46. The summed E-state index contributed by atoms with van der Waals surface area (Å²) in [7, 11) is 0. The smallest absolute Gasteiger partial charge is 0.312 e. The van der Waals surface area contributed by atoms with Crippen LogP contribution in [0.5, 0.6) is 0 Å². The largest absolute Gasteiger partial charge is 0.352 e. The fourth-order valence-electron chi connectivity index (χ4n) is 1.44. The molecule has 1 rings (SSSR count). The molecule has 0 saturated carbocycles. The Morgan fingerprint density at radius 3 is 2.53 bits per heavy atom. The van der Waals surface area contributed by atoms with Crippen LogP contribution < -0.4 is 16.4 Å². The van der Waals surface area contributed by atoms with Gasteiger partial charge in [0.15, 0.2) is 0 Å². The number of hydrogen-bond donors (Lipinski definition) is 3. The van der Waals surface area contributed by atoms with Crippen molar-refractivity contribution in [2.24, 2.45) is 5.73 Å². The lowest BCUT2D eigenvalue weighted by Gasteiger charge is -2.16. The molecule has 0 saturated heterocycles. The second-order valence-electron chi connectivity index (χ2n) is 3.84. The van der Waals surface area contributed by atoms with E-state index in [9.17, 15) is 14.0 Å². The molecular weight excluding hydrogens is 269 g/mol. The number of anilines is 1. The highest BCUT2D eigenvalue weighted by Gasteiger charge is 2.19. The van der Waals surface area contributed by atoms with E-state index < -0.39 is 12.1 Å². The number of primary amides is 1. The van der Waals surface area contributed by atoms with Gasteiger partial charge in [-0.25, -0.2) is 9.18 Å². The van der Waals surface area contributed by atoms with Crippen molar-refractivity contribution in [2.75, 3.05) is 17.3 Å². The highest BCUT2D eigenvalue weighted by molar-refractivity contribution is 7.98. The number of thioether (sulfide) groups is 1. The summed E-state index contributed by atoms with van der Waals surface area (Å²) in [5, 5.41) is 4.98. The van der Waals surface area contributed by atoms with Crippen LogP contribution >= 0.6 is 11.8 Å². The summed E-state index contributed by atoms with van der Waals surface area (Å²) in [5.74, 6) is -0.0476. The molecule has 0 bridgehead atoms. The van der Waals surface area contributed by atoms with Crippen LogP contribution in [0.1, 0.15) is 6.42 Å². The number of urea groups is 1. The SMILES string of the molecule is CSCC[C@@H](NC(N)=O)C(=O)Nc1ccc(F)cc1. The van der Waals surface area contributed by atoms with Gasteiger partial charge in [-0.2, -0.15) is 11.8 Å². The lowest BCUT2D eigenvalue weighted by atomic mass is 10.2. The van der Waals surface area contributed by atoms with E-state index in [-0.39, 0.29) is 11.7 Å². The minimum absolute atomic E-state index is 0.376. The molecule has 4 N–H and O–H groups in total. The van der Waals surface area contributed by atoms with E-state index in [0.29, 0.717) is 17.9 Å². The predicted molar refractivity (Wildman–Crippen MR) is 74.5 cm³/mol. The van der Waals surface area contributed by atoms with Crippen LogP contribution in [0.4, 0.5) is 14.9 Å². The van der Waals surface area contributed by atoms with Crippen LogP contribution in [0, 0.1) is 5.82 Å². The maximum absolute atomic E-state index is 12.7. The summed E-state index contributed by atoms with van der Waals surface area (Å²) in [6.45, 7) is 0. The summed E-state index contributed by atoms with van der Waals surface area (Å²) in [4.78, 5) is 22.8. The van der Waals surface area contributed by atoms with Gasteiger partial charge in [-0.3, -0.25) is 4.79 Å². The number of rotatable bonds is 6. The van der Waals surface area contributed by atoms with E-state index in [0.717, 1.165) is 0 Å². The molecule has 0 heterocycles. The number of carbonyl (C=O) groups excluding carboxylic acids is 2. The molecule has 3 amide bonds. The minimum Gasteiger partial charge on any atom is -0.352 e. The van der Waals surface area contributed by atoms with Gasteiger partial charge in [0.1, 0.15) is 11.9 Å². The van der Waals surface area contributed by atoms with Crippen LogP contribution in [0.3, 0.4) is 0 Å². The van der Waals surface area contributed by atoms with Crippen molar-refractivity contribution in [3.63, 3.8) is 0 Å². The number of amides is 3. The van der Waals surface area contributed by atoms with Gasteiger partial charge < -0.3 is 16.4 Å². The van der Waals surface area contributed by atoms with Crippen molar-refractivity contribution in [2.45, 2.75) is 12.5 Å². The molecule has 104 valence electrons. The van der Waals surface area contributed by atoms with Gasteiger partial charge in [0.05, 0.1) is 0 Å². The topological polar surface area (TPSA) is 84.2 Å². The number of hydrogen-bond acceptors (Lipinski definition) is 3. The van der Waals surface area contributed by atoms with Gasteiger partial charge in [0.25, 0.3) is 0 Å². The van der Waals surface area contributed by atoms with Gasteiger partial charge in [0, 0.05) is 5.69 Å². The zero-order valence-electron chi connectivity index (χ0n) is 10.5. The van der Waals surface area contributed by atoms with Gasteiger partial charge in [-0.1, -0.05) is 0 Å². The Morgan fingerprint density at radius 1 is 1.37 bits per heavy atom. The summed E-state index contributed by atoms with van der Waals surface area (Å²) in [6.07, 6.45) is 2.37. The van der Waals surface area contributed by atoms with Crippen molar-refractivity contribution >= 4 is 29.4 Å². The van der Waals surface area contributed by atoms with Crippen molar-refractivity contribution < 1.29 is 14.0 Å². The molecule has 5 nitrogen and oxygen atoms in total. The van der Waals surface area contributed by atoms with Gasteiger partial charge >= 0.3 is 6.03 Å². The molecule has 7 heteroatoms. The fraction of sp³-hybridized carbons (Fsp3) is 0.333. The Balaban J connectivity index is 2.64. The normalized spacial score (nSPS) is 11.7. The molecule has 0 aliphatic heterocycles. The highest BCUT2D eigenvalue weighted by Crippen LogP contribution is 2.10. The summed E-state index contributed by atoms with van der Waals surface area (Å²) >= 11 is 1.56. The summed E-state index contributed by atoms with van der Waals surface area (Å²) < 4.78 is 12.7. The standard InChI is InChI=1S/C12H16FN3O2S/c1-19-7-6-10(16-12(14)18)11(17)15-9-4-2-8(13)3-5-9/h2-5,10H,6-7H2,1H3,(H,15,17)(H3,14,16,18)/t10-/m1/s1. The first-order chi connectivity index (χ1) is 9.02. The van der Waals surface area contributed by atoms with E-state index in [4.69, 9.17) is 5.73 Å². The Morgan fingerprint density at radius 2 is 2.00 bits per heavy atom. The Kier molecular flexibility index (Phi) is 6.14. The summed E-state index contributed by atoms with van der Waals surface area (Å²) in [5.41, 5.74) is 5.49. The first kappa shape index (κ1) is 15.3. The molecule has 0 aliphatic rings. The Hall–Kier alpha value is -1.76. The van der Waals surface area contributed by atoms with Gasteiger partial charge in [0.2, 0.25) is 5.91 Å². The zero-order valence-corrected chi connectivity index (χ0v) is 11.3. The van der Waals surface area contributed by atoms with Crippen molar-refractivity contribution in [1.29, 1.82) is 0 Å². The molecule has 0 spiro atoms. The molecule has 19 heavy (non-hydrogen) atoms. The maximum atomic E-state index is 12.7. The van der Waals surface area contributed by atoms with E-state index in [1.54, 1.807) is 11.8 Å². The number of benzene rings is 1.